The molecule has 4 heteroatoms. The predicted molar refractivity (Wildman–Crippen MR) is 115 cm³/mol. The summed E-state index contributed by atoms with van der Waals surface area (Å²) in [5.74, 6) is -0.0735. The summed E-state index contributed by atoms with van der Waals surface area (Å²) in [5, 5.41) is 7.61. The minimum absolute atomic E-state index is 0.0735. The zero-order chi connectivity index (χ0) is 19.3. The number of H-pyrrole nitrogens is 1. The van der Waals surface area contributed by atoms with Gasteiger partial charge in [-0.15, -0.1) is 0 Å². The first-order valence-corrected chi connectivity index (χ1v) is 9.46. The van der Waals surface area contributed by atoms with Crippen molar-refractivity contribution in [3.8, 4) is 0 Å². The molecule has 3 N–H and O–H groups in total. The van der Waals surface area contributed by atoms with Gasteiger partial charge in [0.15, 0.2) is 0 Å². The monoisotopic (exact) mass is 369 g/mol. The van der Waals surface area contributed by atoms with Crippen molar-refractivity contribution in [2.75, 3.05) is 11.9 Å². The summed E-state index contributed by atoms with van der Waals surface area (Å²) in [7, 11) is 0. The van der Waals surface area contributed by atoms with Crippen LogP contribution in [-0.4, -0.2) is 17.4 Å². The van der Waals surface area contributed by atoms with Crippen LogP contribution in [0.4, 0.5) is 11.4 Å². The van der Waals surface area contributed by atoms with Crippen molar-refractivity contribution < 1.29 is 4.79 Å². The largest absolute Gasteiger partial charge is 0.361 e. The smallest absolute Gasteiger partial charge is 0.253 e. The number of hydrogen-bond donors (Lipinski definition) is 3. The van der Waals surface area contributed by atoms with Crippen molar-refractivity contribution in [1.82, 2.24) is 10.3 Å². The van der Waals surface area contributed by atoms with Gasteiger partial charge in [-0.1, -0.05) is 42.5 Å². The molecule has 0 atom stereocenters. The van der Waals surface area contributed by atoms with E-state index in [2.05, 4.69) is 46.8 Å². The Hall–Kier alpha value is -3.53. The van der Waals surface area contributed by atoms with Gasteiger partial charge in [0.2, 0.25) is 0 Å². The third-order valence-corrected chi connectivity index (χ3v) is 4.82. The molecule has 28 heavy (non-hydrogen) atoms. The van der Waals surface area contributed by atoms with E-state index in [0.717, 1.165) is 23.3 Å². The Kier molecular flexibility index (Phi) is 5.11. The number of anilines is 2. The molecule has 0 fully saturated rings. The van der Waals surface area contributed by atoms with E-state index in [4.69, 9.17) is 0 Å². The van der Waals surface area contributed by atoms with Crippen LogP contribution in [0, 0.1) is 6.92 Å². The fourth-order valence-electron chi connectivity index (χ4n) is 3.41. The normalized spacial score (nSPS) is 10.8. The second-order valence-electron chi connectivity index (χ2n) is 6.91. The summed E-state index contributed by atoms with van der Waals surface area (Å²) in [4.78, 5) is 16.0. The molecule has 0 spiro atoms. The van der Waals surface area contributed by atoms with Crippen molar-refractivity contribution in [3.63, 3.8) is 0 Å². The van der Waals surface area contributed by atoms with E-state index in [1.54, 1.807) is 0 Å². The number of amides is 1. The van der Waals surface area contributed by atoms with Crippen molar-refractivity contribution in [2.45, 2.75) is 13.3 Å². The van der Waals surface area contributed by atoms with Crippen LogP contribution in [0.25, 0.3) is 10.9 Å². The lowest BCUT2D eigenvalue weighted by Crippen LogP contribution is -2.26. The van der Waals surface area contributed by atoms with Gasteiger partial charge in [-0.25, -0.2) is 0 Å². The minimum atomic E-state index is -0.0735. The van der Waals surface area contributed by atoms with Gasteiger partial charge in [0.25, 0.3) is 5.91 Å². The molecule has 1 heterocycles. The Morgan fingerprint density at radius 3 is 2.68 bits per heavy atom. The van der Waals surface area contributed by atoms with Crippen molar-refractivity contribution in [1.29, 1.82) is 0 Å². The number of aromatic nitrogens is 1. The standard InChI is InChI=1S/C24H23N3O/c1-17-7-6-8-19(15-17)27-23-12-5-3-10-21(23)24(28)25-14-13-18-16-26-22-11-4-2-9-20(18)22/h2-12,15-16,26-27H,13-14H2,1H3,(H,25,28). The first kappa shape index (κ1) is 17.9. The van der Waals surface area contributed by atoms with Gasteiger partial charge in [0.1, 0.15) is 0 Å². The van der Waals surface area contributed by atoms with Gasteiger partial charge < -0.3 is 15.6 Å². The number of hydrogen-bond acceptors (Lipinski definition) is 2. The van der Waals surface area contributed by atoms with Crippen molar-refractivity contribution in [3.05, 3.63) is 95.7 Å². The summed E-state index contributed by atoms with van der Waals surface area (Å²) < 4.78 is 0. The number of rotatable bonds is 6. The molecule has 140 valence electrons. The number of benzene rings is 3. The van der Waals surface area contributed by atoms with Crippen molar-refractivity contribution >= 4 is 28.2 Å². The average Bonchev–Trinajstić information content (AvgIpc) is 3.12. The van der Waals surface area contributed by atoms with Crippen LogP contribution in [0.15, 0.2) is 79.0 Å². The van der Waals surface area contributed by atoms with Crippen LogP contribution in [0.1, 0.15) is 21.5 Å². The number of aryl methyl sites for hydroxylation is 1. The maximum Gasteiger partial charge on any atom is 0.253 e. The average molecular weight is 369 g/mol. The number of para-hydroxylation sites is 2. The topological polar surface area (TPSA) is 56.9 Å². The second kappa shape index (κ2) is 8.01. The van der Waals surface area contributed by atoms with Crippen LogP contribution in [-0.2, 0) is 6.42 Å². The molecule has 0 aliphatic carbocycles. The highest BCUT2D eigenvalue weighted by Gasteiger charge is 2.11. The number of fused-ring (bicyclic) bond motifs is 1. The number of aromatic amines is 1. The minimum Gasteiger partial charge on any atom is -0.361 e. The summed E-state index contributed by atoms with van der Waals surface area (Å²) in [6, 6.07) is 23.9. The quantitative estimate of drug-likeness (QED) is 0.438. The van der Waals surface area contributed by atoms with Crippen LogP contribution in [0.3, 0.4) is 0 Å². The Morgan fingerprint density at radius 2 is 1.79 bits per heavy atom. The molecule has 1 aromatic heterocycles. The van der Waals surface area contributed by atoms with Gasteiger partial charge in [-0.05, 0) is 54.8 Å². The lowest BCUT2D eigenvalue weighted by atomic mass is 10.1. The second-order valence-corrected chi connectivity index (χ2v) is 6.91. The van der Waals surface area contributed by atoms with E-state index < -0.39 is 0 Å². The summed E-state index contributed by atoms with van der Waals surface area (Å²) >= 11 is 0. The molecule has 4 nitrogen and oxygen atoms in total. The van der Waals surface area contributed by atoms with E-state index in [-0.39, 0.29) is 5.91 Å². The lowest BCUT2D eigenvalue weighted by molar-refractivity contribution is 0.0955. The SMILES string of the molecule is Cc1cccc(Nc2ccccc2C(=O)NCCc2c[nH]c3ccccc23)c1. The van der Waals surface area contributed by atoms with Gasteiger partial charge >= 0.3 is 0 Å². The van der Waals surface area contributed by atoms with E-state index in [9.17, 15) is 4.79 Å². The number of carbonyl (C=O) groups excluding carboxylic acids is 1. The lowest BCUT2D eigenvalue weighted by Gasteiger charge is -2.12. The van der Waals surface area contributed by atoms with Crippen LogP contribution in [0.2, 0.25) is 0 Å². The molecular weight excluding hydrogens is 346 g/mol. The van der Waals surface area contributed by atoms with Crippen LogP contribution in [0.5, 0.6) is 0 Å². The molecular formula is C24H23N3O. The molecule has 4 rings (SSSR count). The molecule has 4 aromatic rings. The summed E-state index contributed by atoms with van der Waals surface area (Å²) in [6.45, 7) is 2.63. The van der Waals surface area contributed by atoms with Crippen molar-refractivity contribution in [2.24, 2.45) is 0 Å². The van der Waals surface area contributed by atoms with Crippen LogP contribution < -0.4 is 10.6 Å². The molecule has 0 aliphatic rings. The third-order valence-electron chi connectivity index (χ3n) is 4.82. The summed E-state index contributed by atoms with van der Waals surface area (Å²) in [5.41, 5.74) is 5.92. The van der Waals surface area contributed by atoms with E-state index >= 15 is 0 Å². The molecule has 0 saturated carbocycles. The van der Waals surface area contributed by atoms with Gasteiger partial charge in [0, 0.05) is 29.3 Å². The maximum atomic E-state index is 12.8. The first-order valence-electron chi connectivity index (χ1n) is 9.46. The molecule has 0 radical (unpaired) electrons. The molecule has 0 aliphatic heterocycles. The fourth-order valence-corrected chi connectivity index (χ4v) is 3.41. The first-order chi connectivity index (χ1) is 13.7. The fraction of sp³-hybridized carbons (Fsp3) is 0.125. The highest BCUT2D eigenvalue weighted by Crippen LogP contribution is 2.22. The van der Waals surface area contributed by atoms with Gasteiger partial charge in [-0.2, -0.15) is 0 Å². The Balaban J connectivity index is 1.43. The number of carbonyl (C=O) groups is 1. The molecule has 1 amide bonds. The van der Waals surface area contributed by atoms with Gasteiger partial charge in [-0.3, -0.25) is 4.79 Å². The molecule has 0 saturated heterocycles. The zero-order valence-electron chi connectivity index (χ0n) is 15.8. The third kappa shape index (κ3) is 3.91. The van der Waals surface area contributed by atoms with E-state index in [1.807, 2.05) is 54.7 Å². The molecule has 3 aromatic carbocycles. The molecule has 0 unspecified atom stereocenters. The zero-order valence-corrected chi connectivity index (χ0v) is 15.8. The van der Waals surface area contributed by atoms with E-state index in [1.165, 1.54) is 16.5 Å². The molecule has 0 bridgehead atoms. The van der Waals surface area contributed by atoms with Gasteiger partial charge in [0.05, 0.1) is 11.3 Å². The van der Waals surface area contributed by atoms with E-state index in [0.29, 0.717) is 12.1 Å². The highest BCUT2D eigenvalue weighted by molar-refractivity contribution is 6.00. The maximum absolute atomic E-state index is 12.8. The predicted octanol–water partition coefficient (Wildman–Crippen LogP) is 5.19. The summed E-state index contributed by atoms with van der Waals surface area (Å²) in [6.07, 6.45) is 2.80. The Labute approximate surface area is 164 Å². The highest BCUT2D eigenvalue weighted by atomic mass is 16.1. The number of nitrogens with one attached hydrogen (secondary N) is 3. The Bertz CT molecular complexity index is 1110. The van der Waals surface area contributed by atoms with Crippen LogP contribution >= 0.6 is 0 Å². The Morgan fingerprint density at radius 1 is 0.964 bits per heavy atom.